The van der Waals surface area contributed by atoms with Gasteiger partial charge in [-0.15, -0.1) is 0 Å². The first-order valence-corrected chi connectivity index (χ1v) is 6.25. The van der Waals surface area contributed by atoms with Gasteiger partial charge in [-0.05, 0) is 44.3 Å². The van der Waals surface area contributed by atoms with Gasteiger partial charge in [-0.25, -0.2) is 0 Å². The molecule has 2 aromatic heterocycles. The maximum atomic E-state index is 4.51. The van der Waals surface area contributed by atoms with E-state index in [-0.39, 0.29) is 0 Å². The summed E-state index contributed by atoms with van der Waals surface area (Å²) in [5, 5.41) is 9.11. The SMILES string of the molecule is Cc1nn(C)c2c(C3CCNCC3)cncc12. The predicted molar refractivity (Wildman–Crippen MR) is 68.1 cm³/mol. The summed E-state index contributed by atoms with van der Waals surface area (Å²) in [6.07, 6.45) is 6.36. The van der Waals surface area contributed by atoms with E-state index in [9.17, 15) is 0 Å². The Bertz CT molecular complexity index is 538. The molecular formula is C13H18N4. The highest BCUT2D eigenvalue weighted by Gasteiger charge is 2.20. The van der Waals surface area contributed by atoms with Crippen molar-refractivity contribution in [3.63, 3.8) is 0 Å². The summed E-state index contributed by atoms with van der Waals surface area (Å²) in [5.41, 5.74) is 3.71. The molecule has 0 amide bonds. The van der Waals surface area contributed by atoms with Gasteiger partial charge in [0.15, 0.2) is 0 Å². The summed E-state index contributed by atoms with van der Waals surface area (Å²) in [5.74, 6) is 0.627. The van der Waals surface area contributed by atoms with Crippen molar-refractivity contribution in [2.45, 2.75) is 25.7 Å². The molecule has 4 nitrogen and oxygen atoms in total. The highest BCUT2D eigenvalue weighted by Crippen LogP contribution is 2.31. The number of fused-ring (bicyclic) bond motifs is 1. The van der Waals surface area contributed by atoms with Gasteiger partial charge in [0.1, 0.15) is 0 Å². The second-order valence-corrected chi connectivity index (χ2v) is 4.86. The summed E-state index contributed by atoms with van der Waals surface area (Å²) < 4.78 is 2.00. The Labute approximate surface area is 101 Å². The highest BCUT2D eigenvalue weighted by molar-refractivity contribution is 5.84. The van der Waals surface area contributed by atoms with Crippen LogP contribution in [-0.4, -0.2) is 27.9 Å². The number of hydrogen-bond donors (Lipinski definition) is 1. The van der Waals surface area contributed by atoms with Crippen molar-refractivity contribution in [3.8, 4) is 0 Å². The van der Waals surface area contributed by atoms with Gasteiger partial charge in [-0.1, -0.05) is 0 Å². The third kappa shape index (κ3) is 1.72. The fourth-order valence-electron chi connectivity index (χ4n) is 2.86. The minimum Gasteiger partial charge on any atom is -0.317 e. The molecule has 4 heteroatoms. The van der Waals surface area contributed by atoms with E-state index in [1.165, 1.54) is 29.3 Å². The lowest BCUT2D eigenvalue weighted by atomic mass is 9.90. The largest absolute Gasteiger partial charge is 0.317 e. The molecule has 3 rings (SSSR count). The van der Waals surface area contributed by atoms with Crippen LogP contribution in [0.4, 0.5) is 0 Å². The molecule has 1 N–H and O–H groups in total. The molecular weight excluding hydrogens is 212 g/mol. The minimum atomic E-state index is 0.627. The third-order valence-corrected chi connectivity index (χ3v) is 3.74. The van der Waals surface area contributed by atoms with Crippen LogP contribution < -0.4 is 5.32 Å². The van der Waals surface area contributed by atoms with Crippen LogP contribution in [0.5, 0.6) is 0 Å². The number of rotatable bonds is 1. The van der Waals surface area contributed by atoms with E-state index >= 15 is 0 Å². The summed E-state index contributed by atoms with van der Waals surface area (Å²) >= 11 is 0. The maximum absolute atomic E-state index is 4.51. The smallest absolute Gasteiger partial charge is 0.0747 e. The van der Waals surface area contributed by atoms with Crippen LogP contribution >= 0.6 is 0 Å². The van der Waals surface area contributed by atoms with Crippen molar-refractivity contribution in [3.05, 3.63) is 23.7 Å². The lowest BCUT2D eigenvalue weighted by molar-refractivity contribution is 0.460. The van der Waals surface area contributed by atoms with Gasteiger partial charge in [0.25, 0.3) is 0 Å². The normalized spacial score (nSPS) is 17.8. The number of pyridine rings is 1. The fraction of sp³-hybridized carbons (Fsp3) is 0.538. The van der Waals surface area contributed by atoms with Crippen LogP contribution in [0.15, 0.2) is 12.4 Å². The van der Waals surface area contributed by atoms with Gasteiger partial charge >= 0.3 is 0 Å². The Morgan fingerprint density at radius 2 is 2.06 bits per heavy atom. The maximum Gasteiger partial charge on any atom is 0.0747 e. The van der Waals surface area contributed by atoms with Crippen LogP contribution in [0.1, 0.15) is 30.0 Å². The molecule has 0 radical (unpaired) electrons. The number of piperidine rings is 1. The molecule has 90 valence electrons. The molecule has 2 aromatic rings. The van der Waals surface area contributed by atoms with E-state index < -0.39 is 0 Å². The van der Waals surface area contributed by atoms with Crippen molar-refractivity contribution >= 4 is 10.9 Å². The molecule has 0 aliphatic carbocycles. The van der Waals surface area contributed by atoms with Gasteiger partial charge in [0.2, 0.25) is 0 Å². The van der Waals surface area contributed by atoms with Crippen molar-refractivity contribution in [1.82, 2.24) is 20.1 Å². The van der Waals surface area contributed by atoms with Crippen LogP contribution in [0.2, 0.25) is 0 Å². The Morgan fingerprint density at radius 1 is 1.29 bits per heavy atom. The third-order valence-electron chi connectivity index (χ3n) is 3.74. The van der Waals surface area contributed by atoms with E-state index in [2.05, 4.69) is 22.3 Å². The second-order valence-electron chi connectivity index (χ2n) is 4.86. The Hall–Kier alpha value is -1.42. The lowest BCUT2D eigenvalue weighted by Crippen LogP contribution is -2.26. The summed E-state index contributed by atoms with van der Waals surface area (Å²) in [6, 6.07) is 0. The summed E-state index contributed by atoms with van der Waals surface area (Å²) in [7, 11) is 2.03. The minimum absolute atomic E-state index is 0.627. The van der Waals surface area contributed by atoms with Crippen LogP contribution in [0.3, 0.4) is 0 Å². The van der Waals surface area contributed by atoms with Crippen LogP contribution in [0, 0.1) is 6.92 Å². The zero-order chi connectivity index (χ0) is 11.8. The first kappa shape index (κ1) is 10.7. The lowest BCUT2D eigenvalue weighted by Gasteiger charge is -2.23. The zero-order valence-corrected chi connectivity index (χ0v) is 10.4. The molecule has 0 spiro atoms. The molecule has 0 bridgehead atoms. The van der Waals surface area contributed by atoms with E-state index in [1.54, 1.807) is 0 Å². The number of hydrogen-bond acceptors (Lipinski definition) is 3. The first-order valence-electron chi connectivity index (χ1n) is 6.25. The standard InChI is InChI=1S/C13H18N4/c1-9-11-7-15-8-12(13(11)17(2)16-9)10-3-5-14-6-4-10/h7-8,10,14H,3-6H2,1-2H3. The molecule has 0 atom stereocenters. The van der Waals surface area contributed by atoms with E-state index in [4.69, 9.17) is 0 Å². The number of aromatic nitrogens is 3. The Kier molecular flexibility index (Phi) is 2.59. The van der Waals surface area contributed by atoms with Crippen molar-refractivity contribution < 1.29 is 0 Å². The Balaban J connectivity index is 2.15. The van der Waals surface area contributed by atoms with E-state index in [0.29, 0.717) is 5.92 Å². The molecule has 3 heterocycles. The monoisotopic (exact) mass is 230 g/mol. The van der Waals surface area contributed by atoms with Crippen molar-refractivity contribution in [2.75, 3.05) is 13.1 Å². The van der Waals surface area contributed by atoms with Crippen molar-refractivity contribution in [2.24, 2.45) is 7.05 Å². The molecule has 1 fully saturated rings. The molecule has 0 aromatic carbocycles. The van der Waals surface area contributed by atoms with Gasteiger partial charge in [0.05, 0.1) is 11.2 Å². The number of nitrogens with zero attached hydrogens (tertiary/aromatic N) is 3. The van der Waals surface area contributed by atoms with Crippen LogP contribution in [0.25, 0.3) is 10.9 Å². The molecule has 1 aliphatic heterocycles. The number of aryl methyl sites for hydroxylation is 2. The topological polar surface area (TPSA) is 42.7 Å². The number of nitrogens with one attached hydrogen (secondary N) is 1. The average molecular weight is 230 g/mol. The van der Waals surface area contributed by atoms with Crippen molar-refractivity contribution in [1.29, 1.82) is 0 Å². The zero-order valence-electron chi connectivity index (χ0n) is 10.4. The molecule has 1 aliphatic rings. The summed E-state index contributed by atoms with van der Waals surface area (Å²) in [6.45, 7) is 4.27. The first-order chi connectivity index (χ1) is 8.27. The van der Waals surface area contributed by atoms with Gasteiger partial charge in [-0.2, -0.15) is 5.10 Å². The fourth-order valence-corrected chi connectivity index (χ4v) is 2.86. The van der Waals surface area contributed by atoms with Gasteiger partial charge in [-0.3, -0.25) is 9.67 Å². The molecule has 1 saturated heterocycles. The molecule has 0 saturated carbocycles. The predicted octanol–water partition coefficient (Wildman–Crippen LogP) is 1.74. The molecule has 0 unspecified atom stereocenters. The van der Waals surface area contributed by atoms with Crippen LogP contribution in [-0.2, 0) is 7.05 Å². The highest BCUT2D eigenvalue weighted by atomic mass is 15.3. The Morgan fingerprint density at radius 3 is 2.82 bits per heavy atom. The van der Waals surface area contributed by atoms with E-state index in [1.807, 2.05) is 24.1 Å². The summed E-state index contributed by atoms with van der Waals surface area (Å²) in [4.78, 5) is 4.39. The van der Waals surface area contributed by atoms with E-state index in [0.717, 1.165) is 18.8 Å². The quantitative estimate of drug-likeness (QED) is 0.811. The van der Waals surface area contributed by atoms with Gasteiger partial charge in [0, 0.05) is 24.8 Å². The van der Waals surface area contributed by atoms with Gasteiger partial charge < -0.3 is 5.32 Å². The second kappa shape index (κ2) is 4.11. The average Bonchev–Trinajstić information content (AvgIpc) is 2.66. The molecule has 17 heavy (non-hydrogen) atoms.